The zero-order valence-electron chi connectivity index (χ0n) is 10.7. The van der Waals surface area contributed by atoms with Gasteiger partial charge in [-0.25, -0.2) is 4.39 Å². The van der Waals surface area contributed by atoms with Gasteiger partial charge in [0.05, 0.1) is 11.1 Å². The van der Waals surface area contributed by atoms with Gasteiger partial charge in [-0.3, -0.25) is 0 Å². The summed E-state index contributed by atoms with van der Waals surface area (Å²) in [5.74, 6) is 0.00335. The van der Waals surface area contributed by atoms with E-state index in [1.807, 2.05) is 12.3 Å². The summed E-state index contributed by atoms with van der Waals surface area (Å²) in [6.45, 7) is 0.203. The smallest absolute Gasteiger partial charge is 0.148 e. The first-order chi connectivity index (χ1) is 9.60. The van der Waals surface area contributed by atoms with Crippen molar-refractivity contribution in [2.24, 2.45) is 0 Å². The van der Waals surface area contributed by atoms with Gasteiger partial charge in [-0.2, -0.15) is 0 Å². The zero-order valence-corrected chi connectivity index (χ0v) is 12.2. The molecule has 1 heterocycles. The Hall–Kier alpha value is -1.37. The average Bonchev–Trinajstić information content (AvgIpc) is 2.48. The SMILES string of the molecule is CSc1ccc(NCC(O)c2ccc(Cl)c(F)c2)nn1. The number of hydrogen-bond acceptors (Lipinski definition) is 5. The number of nitrogens with one attached hydrogen (secondary N) is 1. The number of aliphatic hydroxyl groups excluding tert-OH is 1. The molecule has 0 spiro atoms. The molecule has 0 saturated carbocycles. The Balaban J connectivity index is 1.96. The van der Waals surface area contributed by atoms with Crippen LogP contribution in [0.5, 0.6) is 0 Å². The highest BCUT2D eigenvalue weighted by atomic mass is 35.5. The van der Waals surface area contributed by atoms with E-state index < -0.39 is 11.9 Å². The number of halogens is 2. The molecule has 1 aromatic heterocycles. The molecule has 106 valence electrons. The van der Waals surface area contributed by atoms with Crippen LogP contribution >= 0.6 is 23.4 Å². The number of rotatable bonds is 5. The number of aromatic nitrogens is 2. The van der Waals surface area contributed by atoms with Gasteiger partial charge >= 0.3 is 0 Å². The minimum Gasteiger partial charge on any atom is -0.387 e. The van der Waals surface area contributed by atoms with Crippen LogP contribution in [0.3, 0.4) is 0 Å². The molecule has 2 rings (SSSR count). The van der Waals surface area contributed by atoms with Crippen molar-refractivity contribution in [3.63, 3.8) is 0 Å². The normalized spacial score (nSPS) is 12.2. The van der Waals surface area contributed by atoms with E-state index in [-0.39, 0.29) is 11.6 Å². The van der Waals surface area contributed by atoms with Crippen LogP contribution in [0.15, 0.2) is 35.4 Å². The summed E-state index contributed by atoms with van der Waals surface area (Å²) in [6.07, 6.45) is 1.06. The Morgan fingerprint density at radius 3 is 2.75 bits per heavy atom. The van der Waals surface area contributed by atoms with Crippen molar-refractivity contribution in [1.82, 2.24) is 10.2 Å². The van der Waals surface area contributed by atoms with E-state index in [1.165, 1.54) is 23.9 Å². The third-order valence-corrected chi connectivity index (χ3v) is 3.60. The minimum atomic E-state index is -0.858. The highest BCUT2D eigenvalue weighted by Gasteiger charge is 2.10. The van der Waals surface area contributed by atoms with Gasteiger partial charge in [0.2, 0.25) is 0 Å². The Labute approximate surface area is 125 Å². The summed E-state index contributed by atoms with van der Waals surface area (Å²) in [6, 6.07) is 7.82. The Morgan fingerprint density at radius 2 is 2.15 bits per heavy atom. The van der Waals surface area contributed by atoms with Gasteiger partial charge in [0.25, 0.3) is 0 Å². The molecule has 4 nitrogen and oxygen atoms in total. The van der Waals surface area contributed by atoms with E-state index in [2.05, 4.69) is 15.5 Å². The van der Waals surface area contributed by atoms with Crippen LogP contribution in [0.25, 0.3) is 0 Å². The second kappa shape index (κ2) is 6.88. The fourth-order valence-electron chi connectivity index (χ4n) is 1.56. The number of anilines is 1. The largest absolute Gasteiger partial charge is 0.387 e. The summed E-state index contributed by atoms with van der Waals surface area (Å²) in [4.78, 5) is 0. The quantitative estimate of drug-likeness (QED) is 0.831. The van der Waals surface area contributed by atoms with Gasteiger partial charge in [0.15, 0.2) is 0 Å². The number of hydrogen-bond donors (Lipinski definition) is 2. The van der Waals surface area contributed by atoms with E-state index in [4.69, 9.17) is 11.6 Å². The Kier molecular flexibility index (Phi) is 5.17. The van der Waals surface area contributed by atoms with Crippen molar-refractivity contribution >= 4 is 29.2 Å². The van der Waals surface area contributed by atoms with Gasteiger partial charge < -0.3 is 10.4 Å². The molecule has 1 atom stereocenters. The molecule has 0 aliphatic carbocycles. The standard InChI is InChI=1S/C13H13ClFN3OS/c1-20-13-5-4-12(17-18-13)16-7-11(19)8-2-3-9(14)10(15)6-8/h2-6,11,19H,7H2,1H3,(H,16,17). The number of nitrogens with zero attached hydrogens (tertiary/aromatic N) is 2. The molecule has 1 aromatic carbocycles. The summed E-state index contributed by atoms with van der Waals surface area (Å²) >= 11 is 7.09. The average molecular weight is 314 g/mol. The topological polar surface area (TPSA) is 58.0 Å². The first kappa shape index (κ1) is 15.0. The second-order valence-corrected chi connectivity index (χ2v) is 5.26. The lowest BCUT2D eigenvalue weighted by Crippen LogP contribution is -2.13. The van der Waals surface area contributed by atoms with Crippen molar-refractivity contribution in [3.8, 4) is 0 Å². The molecular weight excluding hydrogens is 301 g/mol. The summed E-state index contributed by atoms with van der Waals surface area (Å²) in [5, 5.41) is 21.7. The molecule has 0 bridgehead atoms. The van der Waals surface area contributed by atoms with Crippen LogP contribution in [-0.4, -0.2) is 28.1 Å². The van der Waals surface area contributed by atoms with Crippen LogP contribution in [0.4, 0.5) is 10.2 Å². The lowest BCUT2D eigenvalue weighted by Gasteiger charge is -2.12. The highest BCUT2D eigenvalue weighted by Crippen LogP contribution is 2.20. The Bertz CT molecular complexity index is 582. The fourth-order valence-corrected chi connectivity index (χ4v) is 2.01. The number of thioether (sulfide) groups is 1. The van der Waals surface area contributed by atoms with Crippen molar-refractivity contribution in [3.05, 3.63) is 46.7 Å². The van der Waals surface area contributed by atoms with E-state index in [9.17, 15) is 9.50 Å². The molecule has 0 saturated heterocycles. The lowest BCUT2D eigenvalue weighted by molar-refractivity contribution is 0.191. The van der Waals surface area contributed by atoms with Crippen LogP contribution in [-0.2, 0) is 0 Å². The molecule has 0 aliphatic heterocycles. The molecule has 0 amide bonds. The van der Waals surface area contributed by atoms with Gasteiger partial charge in [-0.05, 0) is 36.1 Å². The monoisotopic (exact) mass is 313 g/mol. The van der Waals surface area contributed by atoms with Gasteiger partial charge in [0, 0.05) is 6.54 Å². The molecule has 7 heteroatoms. The van der Waals surface area contributed by atoms with Crippen LogP contribution in [0.1, 0.15) is 11.7 Å². The van der Waals surface area contributed by atoms with E-state index >= 15 is 0 Å². The van der Waals surface area contributed by atoms with Gasteiger partial charge in [-0.1, -0.05) is 17.7 Å². The number of benzene rings is 1. The molecule has 0 radical (unpaired) electrons. The van der Waals surface area contributed by atoms with Crippen molar-refractivity contribution in [1.29, 1.82) is 0 Å². The predicted molar refractivity (Wildman–Crippen MR) is 78.7 cm³/mol. The lowest BCUT2D eigenvalue weighted by atomic mass is 10.1. The van der Waals surface area contributed by atoms with E-state index in [0.717, 1.165) is 5.03 Å². The minimum absolute atomic E-state index is 0.0347. The highest BCUT2D eigenvalue weighted by molar-refractivity contribution is 7.98. The predicted octanol–water partition coefficient (Wildman–Crippen LogP) is 3.14. The maximum Gasteiger partial charge on any atom is 0.148 e. The van der Waals surface area contributed by atoms with Crippen molar-refractivity contribution in [2.45, 2.75) is 11.1 Å². The molecule has 20 heavy (non-hydrogen) atoms. The van der Waals surface area contributed by atoms with Gasteiger partial charge in [-0.15, -0.1) is 22.0 Å². The zero-order chi connectivity index (χ0) is 14.5. The third kappa shape index (κ3) is 3.82. The maximum absolute atomic E-state index is 13.3. The summed E-state index contributed by atoms with van der Waals surface area (Å²) in [5.41, 5.74) is 0.452. The van der Waals surface area contributed by atoms with Crippen molar-refractivity contribution in [2.75, 3.05) is 18.1 Å². The first-order valence-electron chi connectivity index (χ1n) is 5.84. The molecular formula is C13H13ClFN3OS. The molecule has 0 aliphatic rings. The molecule has 1 unspecified atom stereocenters. The van der Waals surface area contributed by atoms with Crippen LogP contribution < -0.4 is 5.32 Å². The van der Waals surface area contributed by atoms with E-state index in [1.54, 1.807) is 12.1 Å². The number of aliphatic hydroxyl groups is 1. The molecule has 2 N–H and O–H groups in total. The van der Waals surface area contributed by atoms with Crippen LogP contribution in [0.2, 0.25) is 5.02 Å². The van der Waals surface area contributed by atoms with Gasteiger partial charge in [0.1, 0.15) is 16.7 Å². The molecule has 2 aromatic rings. The first-order valence-corrected chi connectivity index (χ1v) is 7.45. The van der Waals surface area contributed by atoms with Crippen molar-refractivity contribution < 1.29 is 9.50 Å². The second-order valence-electron chi connectivity index (χ2n) is 4.03. The summed E-state index contributed by atoms with van der Waals surface area (Å²) in [7, 11) is 0. The maximum atomic E-state index is 13.3. The summed E-state index contributed by atoms with van der Waals surface area (Å²) < 4.78 is 13.3. The Morgan fingerprint density at radius 1 is 1.35 bits per heavy atom. The molecule has 0 fully saturated rings. The van der Waals surface area contributed by atoms with Crippen LogP contribution in [0, 0.1) is 5.82 Å². The fraction of sp³-hybridized carbons (Fsp3) is 0.231. The van der Waals surface area contributed by atoms with E-state index in [0.29, 0.717) is 11.4 Å². The third-order valence-electron chi connectivity index (χ3n) is 2.65.